The highest BCUT2D eigenvalue weighted by Crippen LogP contribution is 2.22. The van der Waals surface area contributed by atoms with Crippen LogP contribution in [-0.2, 0) is 18.4 Å². The average molecular weight is 358 g/mol. The molecule has 0 radical (unpaired) electrons. The summed E-state index contributed by atoms with van der Waals surface area (Å²) >= 11 is 0. The molecule has 0 saturated carbocycles. The van der Waals surface area contributed by atoms with Crippen molar-refractivity contribution in [2.24, 2.45) is 7.05 Å². The lowest BCUT2D eigenvalue weighted by molar-refractivity contribution is 0.264. The van der Waals surface area contributed by atoms with Gasteiger partial charge in [0.25, 0.3) is 0 Å². The smallest absolute Gasteiger partial charge is 0.234 e. The molecule has 0 atom stereocenters. The Bertz CT molecular complexity index is 874. The van der Waals surface area contributed by atoms with Gasteiger partial charge in [-0.1, -0.05) is 0 Å². The Morgan fingerprint density at radius 1 is 1.35 bits per heavy atom. The third kappa shape index (κ3) is 3.88. The molecule has 3 rings (SSSR count). The minimum Gasteiger partial charge on any atom is -0.475 e. The Balaban J connectivity index is 1.78. The molecule has 0 aliphatic heterocycles. The van der Waals surface area contributed by atoms with E-state index in [9.17, 15) is 9.18 Å². The summed E-state index contributed by atoms with van der Waals surface area (Å²) in [6, 6.07) is 5.25. The van der Waals surface area contributed by atoms with Crippen LogP contribution in [0.5, 0.6) is 5.88 Å². The fourth-order valence-corrected chi connectivity index (χ4v) is 2.48. The number of aryl methyl sites for hydroxylation is 1. The molecule has 0 spiro atoms. The van der Waals surface area contributed by atoms with E-state index in [0.717, 1.165) is 16.9 Å². The number of carbonyl (C=O) groups is 1. The molecule has 0 aromatic carbocycles. The Kier molecular flexibility index (Phi) is 5.26. The van der Waals surface area contributed by atoms with E-state index < -0.39 is 6.67 Å². The van der Waals surface area contributed by atoms with E-state index in [1.54, 1.807) is 29.2 Å². The van der Waals surface area contributed by atoms with Crippen LogP contribution in [-0.4, -0.2) is 51.3 Å². The zero-order valence-corrected chi connectivity index (χ0v) is 14.5. The lowest BCUT2D eigenvalue weighted by Crippen LogP contribution is -2.18. The Hall–Kier alpha value is -3.23. The van der Waals surface area contributed by atoms with Crippen molar-refractivity contribution < 1.29 is 13.9 Å². The molecule has 0 N–H and O–H groups in total. The highest BCUT2D eigenvalue weighted by molar-refractivity contribution is 5.63. The van der Waals surface area contributed by atoms with Crippen molar-refractivity contribution in [3.63, 3.8) is 0 Å². The number of halogens is 1. The number of aromatic nitrogens is 5. The molecule has 0 fully saturated rings. The Morgan fingerprint density at radius 3 is 2.81 bits per heavy atom. The van der Waals surface area contributed by atoms with E-state index in [-0.39, 0.29) is 6.61 Å². The molecule has 0 saturated heterocycles. The molecule has 0 aliphatic rings. The zero-order chi connectivity index (χ0) is 18.5. The number of pyridine rings is 1. The summed E-state index contributed by atoms with van der Waals surface area (Å²) in [5.74, 6) is 0.345. The molecule has 3 aromatic rings. The summed E-state index contributed by atoms with van der Waals surface area (Å²) in [6.45, 7) is -0.111. The quantitative estimate of drug-likeness (QED) is 0.571. The summed E-state index contributed by atoms with van der Waals surface area (Å²) in [4.78, 5) is 17.5. The van der Waals surface area contributed by atoms with Gasteiger partial charge in [0.15, 0.2) is 0 Å². The van der Waals surface area contributed by atoms with Crippen LogP contribution in [0.2, 0.25) is 0 Å². The van der Waals surface area contributed by atoms with E-state index in [1.807, 2.05) is 31.3 Å². The first-order valence-electron chi connectivity index (χ1n) is 7.99. The molecular weight excluding hydrogens is 339 g/mol. The predicted molar refractivity (Wildman–Crippen MR) is 94.4 cm³/mol. The van der Waals surface area contributed by atoms with Crippen molar-refractivity contribution >= 4 is 12.1 Å². The van der Waals surface area contributed by atoms with Crippen LogP contribution >= 0.6 is 0 Å². The number of nitrogens with zero attached hydrogens (tertiary/aromatic N) is 6. The second-order valence-electron chi connectivity index (χ2n) is 5.72. The minimum absolute atomic E-state index is 0.0308. The molecular formula is C17H19FN6O2. The third-order valence-electron chi connectivity index (χ3n) is 3.80. The monoisotopic (exact) mass is 358 g/mol. The number of anilines is 1. The number of hydrogen-bond donors (Lipinski definition) is 0. The summed E-state index contributed by atoms with van der Waals surface area (Å²) in [5, 5.41) is 8.45. The maximum atomic E-state index is 12.1. The van der Waals surface area contributed by atoms with Crippen molar-refractivity contribution in [3.8, 4) is 17.1 Å². The van der Waals surface area contributed by atoms with Crippen LogP contribution in [0.4, 0.5) is 10.1 Å². The van der Waals surface area contributed by atoms with Crippen LogP contribution in [0, 0.1) is 0 Å². The Morgan fingerprint density at radius 2 is 2.19 bits per heavy atom. The van der Waals surface area contributed by atoms with Gasteiger partial charge in [-0.25, -0.2) is 14.1 Å². The van der Waals surface area contributed by atoms with Gasteiger partial charge in [-0.15, -0.1) is 0 Å². The van der Waals surface area contributed by atoms with Crippen LogP contribution < -0.4 is 9.64 Å². The van der Waals surface area contributed by atoms with Gasteiger partial charge in [0.2, 0.25) is 12.3 Å². The molecule has 0 amide bonds. The van der Waals surface area contributed by atoms with Crippen molar-refractivity contribution in [1.82, 2.24) is 24.5 Å². The zero-order valence-electron chi connectivity index (χ0n) is 14.5. The van der Waals surface area contributed by atoms with E-state index >= 15 is 0 Å². The molecule has 136 valence electrons. The second kappa shape index (κ2) is 7.77. The highest BCUT2D eigenvalue weighted by Gasteiger charge is 2.13. The van der Waals surface area contributed by atoms with Crippen molar-refractivity contribution in [2.45, 2.75) is 6.54 Å². The molecule has 9 heteroatoms. The third-order valence-corrected chi connectivity index (χ3v) is 3.80. The van der Waals surface area contributed by atoms with Crippen molar-refractivity contribution in [2.75, 3.05) is 25.2 Å². The molecule has 26 heavy (non-hydrogen) atoms. The van der Waals surface area contributed by atoms with Gasteiger partial charge in [0, 0.05) is 38.1 Å². The highest BCUT2D eigenvalue weighted by atomic mass is 19.1. The van der Waals surface area contributed by atoms with Gasteiger partial charge in [0.1, 0.15) is 13.3 Å². The molecule has 8 nitrogen and oxygen atoms in total. The molecule has 3 aromatic heterocycles. The first kappa shape index (κ1) is 17.6. The maximum absolute atomic E-state index is 12.1. The SMILES string of the molecule is CN(Cc1cc(-c2ccc(OCCF)nc2)nn1C=O)c1cnn(C)c1. The van der Waals surface area contributed by atoms with Crippen LogP contribution in [0.3, 0.4) is 0 Å². The second-order valence-corrected chi connectivity index (χ2v) is 5.72. The average Bonchev–Trinajstić information content (AvgIpc) is 3.26. The fraction of sp³-hybridized carbons (Fsp3) is 0.294. The summed E-state index contributed by atoms with van der Waals surface area (Å²) in [7, 11) is 3.76. The van der Waals surface area contributed by atoms with Gasteiger partial charge in [-0.05, 0) is 12.1 Å². The van der Waals surface area contributed by atoms with Gasteiger partial charge < -0.3 is 9.64 Å². The van der Waals surface area contributed by atoms with Gasteiger partial charge in [0.05, 0.1) is 29.8 Å². The molecule has 3 heterocycles. The largest absolute Gasteiger partial charge is 0.475 e. The maximum Gasteiger partial charge on any atom is 0.234 e. The number of alkyl halides is 1. The van der Waals surface area contributed by atoms with Crippen LogP contribution in [0.1, 0.15) is 5.69 Å². The number of hydrogen-bond acceptors (Lipinski definition) is 6. The van der Waals surface area contributed by atoms with Crippen LogP contribution in [0.15, 0.2) is 36.8 Å². The minimum atomic E-state index is -0.568. The van der Waals surface area contributed by atoms with Crippen LogP contribution in [0.25, 0.3) is 11.3 Å². The standard InChI is InChI=1S/C17H19FN6O2/c1-22(15-9-20-23(2)11-15)10-14-7-16(21-24(14)12-25)13-3-4-17(19-8-13)26-6-5-18/h3-4,7-9,11-12H,5-6,10H2,1-2H3. The fourth-order valence-electron chi connectivity index (χ4n) is 2.48. The predicted octanol–water partition coefficient (Wildman–Crippen LogP) is 1.70. The number of carbonyl (C=O) groups excluding carboxylic acids is 1. The summed E-state index contributed by atoms with van der Waals surface area (Å²) in [5.41, 5.74) is 3.03. The first-order chi connectivity index (χ1) is 12.6. The van der Waals surface area contributed by atoms with Crippen molar-refractivity contribution in [3.05, 3.63) is 42.5 Å². The van der Waals surface area contributed by atoms with E-state index in [0.29, 0.717) is 24.5 Å². The van der Waals surface area contributed by atoms with Crippen molar-refractivity contribution in [1.29, 1.82) is 0 Å². The lowest BCUT2D eigenvalue weighted by atomic mass is 10.2. The normalized spacial score (nSPS) is 10.7. The summed E-state index contributed by atoms with van der Waals surface area (Å²) < 4.78 is 20.3. The van der Waals surface area contributed by atoms with E-state index in [1.165, 1.54) is 4.68 Å². The van der Waals surface area contributed by atoms with Gasteiger partial charge in [-0.2, -0.15) is 10.2 Å². The number of rotatable bonds is 8. The molecule has 0 aliphatic carbocycles. The first-order valence-corrected chi connectivity index (χ1v) is 7.99. The topological polar surface area (TPSA) is 78.1 Å². The summed E-state index contributed by atoms with van der Waals surface area (Å²) in [6.07, 6.45) is 5.90. The number of ether oxygens (including phenoxy) is 1. The lowest BCUT2D eigenvalue weighted by Gasteiger charge is -2.16. The van der Waals surface area contributed by atoms with E-state index in [2.05, 4.69) is 15.2 Å². The van der Waals surface area contributed by atoms with Gasteiger partial charge >= 0.3 is 0 Å². The van der Waals surface area contributed by atoms with E-state index in [4.69, 9.17) is 4.74 Å². The Labute approximate surface area is 149 Å². The van der Waals surface area contributed by atoms with Gasteiger partial charge in [-0.3, -0.25) is 9.48 Å². The molecule has 0 bridgehead atoms. The molecule has 0 unspecified atom stereocenters.